The third-order valence-electron chi connectivity index (χ3n) is 9.43. The lowest BCUT2D eigenvalue weighted by Gasteiger charge is -2.27. The maximum absolute atomic E-state index is 13.7. The van der Waals surface area contributed by atoms with Gasteiger partial charge in [0, 0.05) is 26.2 Å². The Morgan fingerprint density at radius 3 is 0.812 bits per heavy atom. The molecule has 0 aromatic carbocycles. The lowest BCUT2D eigenvalue weighted by atomic mass is 10.1. The minimum absolute atomic E-state index is 0.00122. The van der Waals surface area contributed by atoms with E-state index >= 15 is 0 Å². The van der Waals surface area contributed by atoms with E-state index in [4.69, 9.17) is 50.3 Å². The summed E-state index contributed by atoms with van der Waals surface area (Å²) >= 11 is 0. The smallest absolute Gasteiger partial charge is 0.326 e. The second kappa shape index (κ2) is 34.0. The lowest BCUT2D eigenvalue weighted by Crippen LogP contribution is -2.61. The molecule has 0 heterocycles. The molecule has 0 aliphatic carbocycles. The van der Waals surface area contributed by atoms with E-state index < -0.39 is 134 Å². The zero-order valence-corrected chi connectivity index (χ0v) is 37.8. The molecule has 30 N–H and O–H groups in total. The molecule has 0 unspecified atom stereocenters. The van der Waals surface area contributed by atoms with Crippen LogP contribution < -0.4 is 87.2 Å². The highest BCUT2D eigenvalue weighted by molar-refractivity contribution is 5.97. The highest BCUT2D eigenvalue weighted by atomic mass is 16.4. The number of rotatable bonds is 35. The Morgan fingerprint density at radius 2 is 0.580 bits per heavy atom. The summed E-state index contributed by atoms with van der Waals surface area (Å²) in [4.78, 5) is 105. The van der Waals surface area contributed by atoms with Crippen molar-refractivity contribution in [3.8, 4) is 0 Å². The number of carboxylic acids is 1. The third kappa shape index (κ3) is 26.5. The van der Waals surface area contributed by atoms with E-state index in [1.165, 1.54) is 0 Å². The minimum atomic E-state index is -1.84. The van der Waals surface area contributed by atoms with Crippen LogP contribution in [0, 0.1) is 21.6 Å². The quantitative estimate of drug-likeness (QED) is 0.0159. The molecule has 0 aliphatic heterocycles. The average Bonchev–Trinajstić information content (AvgIpc) is 3.28. The van der Waals surface area contributed by atoms with Crippen LogP contribution in [0.2, 0.25) is 0 Å². The number of nitrogens with two attached hydrogens (primary N) is 5. The van der Waals surface area contributed by atoms with Crippen molar-refractivity contribution in [1.82, 2.24) is 58.5 Å². The molecule has 0 rings (SSSR count). The van der Waals surface area contributed by atoms with Crippen molar-refractivity contribution in [3.63, 3.8) is 0 Å². The molecule has 33 nitrogen and oxygen atoms in total. The normalized spacial score (nSPS) is 14.2. The van der Waals surface area contributed by atoms with Gasteiger partial charge in [0.2, 0.25) is 41.4 Å². The van der Waals surface area contributed by atoms with Gasteiger partial charge in [-0.1, -0.05) is 0 Å². The Hall–Kier alpha value is -7.36. The number of amides is 7. The number of carbonyl (C=O) groups excluding carboxylic acids is 7. The van der Waals surface area contributed by atoms with Crippen molar-refractivity contribution < 1.29 is 63.9 Å². The standard InChI is InChI=1S/C36H70N20O13/c37-17(13-57)25(61)50-18(5-1-9-46-33(38)39)26(62)54-22(14-58)29(65)51-19(6-2-10-47-34(40)41)27(63)55-23(15-59)30(66)52-20(7-3-11-48-35(42)43)28(64)56-24(16-60)31(67)53-21(32(68)69)8-4-12-49-36(44)45/h17-24,57-60H,1-16,37H2,(H,50,61)(H,51,65)(H,52,66)(H,53,67)(H,54,62)(H,55,63)(H,56,64)(H,68,69)(H4,38,39,46)(H4,40,41,47)(H4,42,43,48)(H4,44,45,49)/t17-,18-,19-,20-,21-,22-,23-,24-/m0/s1. The number of nitrogens with one attached hydrogen (secondary N) is 15. The van der Waals surface area contributed by atoms with Crippen LogP contribution >= 0.6 is 0 Å². The summed E-state index contributed by atoms with van der Waals surface area (Å²) in [5.41, 5.74) is 26.7. The van der Waals surface area contributed by atoms with E-state index in [0.29, 0.717) is 0 Å². The molecule has 8 atom stereocenters. The molecule has 0 saturated heterocycles. The number of carboxylic acid groups (broad SMARTS) is 1. The third-order valence-corrected chi connectivity index (χ3v) is 9.43. The summed E-state index contributed by atoms with van der Waals surface area (Å²) in [6.45, 7) is -3.79. The second-order valence-corrected chi connectivity index (χ2v) is 15.0. The Labute approximate surface area is 395 Å². The zero-order chi connectivity index (χ0) is 52.6. The molecule has 0 radical (unpaired) electrons. The summed E-state index contributed by atoms with van der Waals surface area (Å²) in [5.74, 6) is -10.6. The molecule has 69 heavy (non-hydrogen) atoms. The van der Waals surface area contributed by atoms with Crippen LogP contribution in [0.25, 0.3) is 0 Å². The molecule has 0 aromatic heterocycles. The van der Waals surface area contributed by atoms with E-state index in [9.17, 15) is 63.9 Å². The summed E-state index contributed by atoms with van der Waals surface area (Å²) in [7, 11) is 0. The van der Waals surface area contributed by atoms with Gasteiger partial charge < -0.3 is 113 Å². The van der Waals surface area contributed by atoms with Gasteiger partial charge >= 0.3 is 5.97 Å². The average molecular weight is 991 g/mol. The van der Waals surface area contributed by atoms with E-state index in [1.54, 1.807) is 0 Å². The predicted octanol–water partition coefficient (Wildman–Crippen LogP) is -11.2. The fraction of sp³-hybridized carbons (Fsp3) is 0.667. The SMILES string of the molecule is N=C(N)NCCC[C@H](NC(=O)[C@H](CO)NC(=O)[C@H](CCCNC(=N)N)NC(=O)[C@H](CO)NC(=O)[C@H](CCCNC(=N)N)NC(=O)[C@H](CO)NC(=O)[C@H](CCCNC(=N)N)NC(=O)[C@@H](N)CO)C(=O)O. The van der Waals surface area contributed by atoms with Crippen LogP contribution in [0.15, 0.2) is 0 Å². The number of carbonyl (C=O) groups is 8. The van der Waals surface area contributed by atoms with Gasteiger partial charge in [0.1, 0.15) is 48.3 Å². The van der Waals surface area contributed by atoms with Gasteiger partial charge in [-0.25, -0.2) is 4.79 Å². The molecule has 7 amide bonds. The van der Waals surface area contributed by atoms with Gasteiger partial charge in [0.25, 0.3) is 0 Å². The Kier molecular flexibility index (Phi) is 30.4. The first-order valence-electron chi connectivity index (χ1n) is 21.4. The first-order chi connectivity index (χ1) is 32.5. The second-order valence-electron chi connectivity index (χ2n) is 15.0. The van der Waals surface area contributed by atoms with E-state index in [0.717, 1.165) is 0 Å². The number of hydrogen-bond acceptors (Lipinski definition) is 17. The molecule has 0 spiro atoms. The molecule has 33 heteroatoms. The van der Waals surface area contributed by atoms with Gasteiger partial charge in [-0.2, -0.15) is 0 Å². The molecule has 0 aliphatic rings. The van der Waals surface area contributed by atoms with Crippen LogP contribution in [0.4, 0.5) is 0 Å². The van der Waals surface area contributed by atoms with Gasteiger partial charge in [0.05, 0.1) is 26.4 Å². The molecule has 392 valence electrons. The fourth-order valence-electron chi connectivity index (χ4n) is 5.76. The Balaban J connectivity index is 6.35. The van der Waals surface area contributed by atoms with Crippen LogP contribution in [-0.2, 0) is 38.4 Å². The zero-order valence-electron chi connectivity index (χ0n) is 37.8. The summed E-state index contributed by atoms with van der Waals surface area (Å²) in [5, 5.41) is 104. The van der Waals surface area contributed by atoms with Gasteiger partial charge in [-0.15, -0.1) is 0 Å². The first-order valence-corrected chi connectivity index (χ1v) is 21.4. The predicted molar refractivity (Wildman–Crippen MR) is 244 cm³/mol. The van der Waals surface area contributed by atoms with Crippen LogP contribution in [0.5, 0.6) is 0 Å². The number of aliphatic hydroxyl groups excluding tert-OH is 4. The Bertz CT molecular complexity index is 1760. The van der Waals surface area contributed by atoms with Crippen LogP contribution in [-0.4, -0.2) is 198 Å². The molecule has 0 bridgehead atoms. The Morgan fingerprint density at radius 1 is 0.362 bits per heavy atom. The maximum atomic E-state index is 13.7. The van der Waals surface area contributed by atoms with Crippen molar-refractivity contribution in [2.75, 3.05) is 52.6 Å². The van der Waals surface area contributed by atoms with Crippen molar-refractivity contribution in [2.24, 2.45) is 28.7 Å². The highest BCUT2D eigenvalue weighted by Gasteiger charge is 2.34. The van der Waals surface area contributed by atoms with E-state index in [2.05, 4.69) is 58.5 Å². The van der Waals surface area contributed by atoms with Crippen molar-refractivity contribution in [3.05, 3.63) is 0 Å². The summed E-state index contributed by atoms with van der Waals surface area (Å²) in [6.07, 6.45) is -0.409. The number of aliphatic carboxylic acids is 1. The molecular formula is C36H70N20O13. The van der Waals surface area contributed by atoms with Gasteiger partial charge in [-0.3, -0.25) is 55.2 Å². The van der Waals surface area contributed by atoms with Crippen LogP contribution in [0.3, 0.4) is 0 Å². The summed E-state index contributed by atoms with van der Waals surface area (Å²) < 4.78 is 0. The van der Waals surface area contributed by atoms with E-state index in [1.807, 2.05) is 0 Å². The van der Waals surface area contributed by atoms with Gasteiger partial charge in [-0.05, 0) is 51.4 Å². The molecular weight excluding hydrogens is 921 g/mol. The van der Waals surface area contributed by atoms with Gasteiger partial charge in [0.15, 0.2) is 23.8 Å². The lowest BCUT2D eigenvalue weighted by molar-refractivity contribution is -0.142. The van der Waals surface area contributed by atoms with E-state index in [-0.39, 0.29) is 89.5 Å². The monoisotopic (exact) mass is 991 g/mol. The van der Waals surface area contributed by atoms with Crippen molar-refractivity contribution >= 4 is 71.2 Å². The largest absolute Gasteiger partial charge is 0.480 e. The minimum Gasteiger partial charge on any atom is -0.480 e. The first kappa shape index (κ1) is 61.6. The highest BCUT2D eigenvalue weighted by Crippen LogP contribution is 2.05. The van der Waals surface area contributed by atoms with Crippen molar-refractivity contribution in [2.45, 2.75) is 99.7 Å². The molecule has 0 saturated carbocycles. The fourth-order valence-corrected chi connectivity index (χ4v) is 5.76. The molecule has 0 aromatic rings. The topological polar surface area (TPSA) is 596 Å². The van der Waals surface area contributed by atoms with Crippen LogP contribution in [0.1, 0.15) is 51.4 Å². The number of aliphatic hydroxyl groups is 4. The number of hydrogen-bond donors (Lipinski definition) is 25. The summed E-state index contributed by atoms with van der Waals surface area (Å²) in [6, 6.07) is -12.8. The number of guanidine groups is 4. The molecule has 0 fully saturated rings. The van der Waals surface area contributed by atoms with Crippen molar-refractivity contribution in [1.29, 1.82) is 21.6 Å². The maximum Gasteiger partial charge on any atom is 0.326 e.